The maximum Gasteiger partial charge on any atom is 0.331 e. The van der Waals surface area contributed by atoms with E-state index in [1.807, 2.05) is 36.4 Å². The fourth-order valence-corrected chi connectivity index (χ4v) is 3.48. The van der Waals surface area contributed by atoms with Crippen molar-refractivity contribution in [2.45, 2.75) is 0 Å². The molecule has 3 aromatic rings. The summed E-state index contributed by atoms with van der Waals surface area (Å²) in [6, 6.07) is 14.9. The Morgan fingerprint density at radius 2 is 2.00 bits per heavy atom. The number of thiazole rings is 1. The molecule has 0 bridgehead atoms. The molecule has 1 aliphatic heterocycles. The molecule has 0 unspecified atom stereocenters. The van der Waals surface area contributed by atoms with E-state index in [-0.39, 0.29) is 25.0 Å². The lowest BCUT2D eigenvalue weighted by Gasteiger charge is -2.28. The number of nitrogens with zero attached hydrogens (tertiary/aromatic N) is 2. The van der Waals surface area contributed by atoms with E-state index in [9.17, 15) is 9.59 Å². The summed E-state index contributed by atoms with van der Waals surface area (Å²) in [4.78, 5) is 30.1. The van der Waals surface area contributed by atoms with Crippen molar-refractivity contribution in [3.05, 3.63) is 48.5 Å². The van der Waals surface area contributed by atoms with Crippen LogP contribution in [0.3, 0.4) is 0 Å². The maximum absolute atomic E-state index is 12.3. The smallest absolute Gasteiger partial charge is 0.331 e. The van der Waals surface area contributed by atoms with Gasteiger partial charge in [-0.05, 0) is 24.3 Å². The number of rotatable bonds is 3. The average Bonchev–Trinajstić information content (AvgIpc) is 2.96. The molecule has 0 saturated carbocycles. The standard InChI is InChI=1S/C17H13N3O3S/c21-15(19-17-18-11-5-1-4-8-14(11)24-17)9-20-10-16(22)23-13-7-3-2-6-12(13)20/h1-8H,9-10H2,(H,18,19,21). The molecule has 2 heterocycles. The molecule has 4 rings (SSSR count). The first-order valence-corrected chi connectivity index (χ1v) is 8.21. The van der Waals surface area contributed by atoms with Gasteiger partial charge in [-0.3, -0.25) is 4.79 Å². The number of ether oxygens (including phenoxy) is 1. The molecule has 0 atom stereocenters. The third kappa shape index (κ3) is 2.81. The Balaban J connectivity index is 1.51. The molecule has 0 aliphatic carbocycles. The third-order valence-corrected chi connectivity index (χ3v) is 4.58. The van der Waals surface area contributed by atoms with Crippen LogP contribution in [-0.4, -0.2) is 29.9 Å². The number of benzene rings is 2. The number of nitrogens with one attached hydrogen (secondary N) is 1. The Labute approximate surface area is 141 Å². The highest BCUT2D eigenvalue weighted by molar-refractivity contribution is 7.22. The van der Waals surface area contributed by atoms with Crippen molar-refractivity contribution in [1.29, 1.82) is 0 Å². The quantitative estimate of drug-likeness (QED) is 0.587. The first kappa shape index (κ1) is 14.6. The van der Waals surface area contributed by atoms with Crippen molar-refractivity contribution in [3.63, 3.8) is 0 Å². The van der Waals surface area contributed by atoms with E-state index in [0.29, 0.717) is 10.9 Å². The van der Waals surface area contributed by atoms with Gasteiger partial charge in [0, 0.05) is 0 Å². The highest BCUT2D eigenvalue weighted by Gasteiger charge is 2.25. The van der Waals surface area contributed by atoms with Gasteiger partial charge < -0.3 is 15.0 Å². The second kappa shape index (κ2) is 5.93. The Bertz CT molecular complexity index is 904. The molecule has 0 fully saturated rings. The Hall–Kier alpha value is -2.93. The van der Waals surface area contributed by atoms with Gasteiger partial charge in [-0.15, -0.1) is 0 Å². The second-order valence-corrected chi connectivity index (χ2v) is 6.36. The number of hydrogen-bond donors (Lipinski definition) is 1. The Morgan fingerprint density at radius 3 is 2.88 bits per heavy atom. The molecular formula is C17H13N3O3S. The zero-order valence-electron chi connectivity index (χ0n) is 12.6. The fourth-order valence-electron chi connectivity index (χ4n) is 2.60. The summed E-state index contributed by atoms with van der Waals surface area (Å²) < 4.78 is 6.19. The van der Waals surface area contributed by atoms with Crippen LogP contribution < -0.4 is 15.0 Å². The van der Waals surface area contributed by atoms with Gasteiger partial charge in [0.2, 0.25) is 5.91 Å². The molecule has 6 nitrogen and oxygen atoms in total. The highest BCUT2D eigenvalue weighted by Crippen LogP contribution is 2.31. The molecule has 7 heteroatoms. The number of aromatic nitrogens is 1. The predicted molar refractivity (Wildman–Crippen MR) is 92.5 cm³/mol. The van der Waals surface area contributed by atoms with Gasteiger partial charge in [0.15, 0.2) is 10.9 Å². The number of anilines is 2. The molecule has 1 N–H and O–H groups in total. The summed E-state index contributed by atoms with van der Waals surface area (Å²) in [6.45, 7) is 0.103. The highest BCUT2D eigenvalue weighted by atomic mass is 32.1. The van der Waals surface area contributed by atoms with Gasteiger partial charge in [-0.1, -0.05) is 35.6 Å². The minimum atomic E-state index is -0.374. The van der Waals surface area contributed by atoms with E-state index in [1.54, 1.807) is 17.0 Å². The summed E-state index contributed by atoms with van der Waals surface area (Å²) in [6.07, 6.45) is 0. The summed E-state index contributed by atoms with van der Waals surface area (Å²) in [7, 11) is 0. The topological polar surface area (TPSA) is 71.5 Å². The van der Waals surface area contributed by atoms with Gasteiger partial charge in [0.1, 0.15) is 6.54 Å². The van der Waals surface area contributed by atoms with E-state index >= 15 is 0 Å². The number of para-hydroxylation sites is 3. The normalized spacial score (nSPS) is 13.5. The van der Waals surface area contributed by atoms with Crippen molar-refractivity contribution in [1.82, 2.24) is 4.98 Å². The van der Waals surface area contributed by atoms with Crippen molar-refractivity contribution in [2.75, 3.05) is 23.3 Å². The van der Waals surface area contributed by atoms with E-state index in [2.05, 4.69) is 10.3 Å². The summed E-state index contributed by atoms with van der Waals surface area (Å²) >= 11 is 1.42. The minimum Gasteiger partial charge on any atom is -0.423 e. The maximum atomic E-state index is 12.3. The molecule has 24 heavy (non-hydrogen) atoms. The van der Waals surface area contributed by atoms with Crippen LogP contribution in [0.4, 0.5) is 10.8 Å². The van der Waals surface area contributed by atoms with Crippen LogP contribution in [0.15, 0.2) is 48.5 Å². The van der Waals surface area contributed by atoms with E-state index < -0.39 is 0 Å². The fraction of sp³-hybridized carbons (Fsp3) is 0.118. The van der Waals surface area contributed by atoms with Crippen molar-refractivity contribution >= 4 is 44.2 Å². The first-order chi connectivity index (χ1) is 11.7. The van der Waals surface area contributed by atoms with Gasteiger partial charge in [-0.25, -0.2) is 9.78 Å². The monoisotopic (exact) mass is 339 g/mol. The third-order valence-electron chi connectivity index (χ3n) is 3.62. The van der Waals surface area contributed by atoms with Gasteiger partial charge in [0.05, 0.1) is 22.4 Å². The number of carbonyl (C=O) groups excluding carboxylic acids is 2. The lowest BCUT2D eigenvalue weighted by Crippen LogP contribution is -2.41. The minimum absolute atomic E-state index is 0.0459. The Kier molecular flexibility index (Phi) is 3.62. The largest absolute Gasteiger partial charge is 0.423 e. The van der Waals surface area contributed by atoms with Gasteiger partial charge in [-0.2, -0.15) is 0 Å². The summed E-state index contributed by atoms with van der Waals surface area (Å²) in [5.41, 5.74) is 1.58. The van der Waals surface area contributed by atoms with E-state index in [0.717, 1.165) is 15.9 Å². The summed E-state index contributed by atoms with van der Waals surface area (Å²) in [5.74, 6) is -0.124. The molecule has 120 valence electrons. The van der Waals surface area contributed by atoms with Crippen molar-refractivity contribution < 1.29 is 14.3 Å². The number of esters is 1. The Morgan fingerprint density at radius 1 is 1.21 bits per heavy atom. The average molecular weight is 339 g/mol. The van der Waals surface area contributed by atoms with Crippen molar-refractivity contribution in [3.8, 4) is 5.75 Å². The van der Waals surface area contributed by atoms with Crippen LogP contribution in [0, 0.1) is 0 Å². The van der Waals surface area contributed by atoms with Crippen LogP contribution >= 0.6 is 11.3 Å². The van der Waals surface area contributed by atoms with E-state index in [1.165, 1.54) is 11.3 Å². The van der Waals surface area contributed by atoms with Crippen LogP contribution in [0.5, 0.6) is 5.75 Å². The van der Waals surface area contributed by atoms with Gasteiger partial charge in [0.25, 0.3) is 0 Å². The molecule has 1 amide bonds. The summed E-state index contributed by atoms with van der Waals surface area (Å²) in [5, 5.41) is 3.35. The number of hydrogen-bond acceptors (Lipinski definition) is 6. The second-order valence-electron chi connectivity index (χ2n) is 5.33. The first-order valence-electron chi connectivity index (χ1n) is 7.39. The predicted octanol–water partition coefficient (Wildman–Crippen LogP) is 2.66. The molecule has 2 aromatic carbocycles. The van der Waals surface area contributed by atoms with Crippen LogP contribution in [-0.2, 0) is 9.59 Å². The van der Waals surface area contributed by atoms with E-state index in [4.69, 9.17) is 4.74 Å². The lowest BCUT2D eigenvalue weighted by atomic mass is 10.2. The molecule has 0 saturated heterocycles. The number of carbonyl (C=O) groups is 2. The van der Waals surface area contributed by atoms with Crippen molar-refractivity contribution in [2.24, 2.45) is 0 Å². The molecular weight excluding hydrogens is 326 g/mol. The molecule has 1 aromatic heterocycles. The van der Waals surface area contributed by atoms with Crippen LogP contribution in [0.25, 0.3) is 10.2 Å². The SMILES string of the molecule is O=C(CN1CC(=O)Oc2ccccc21)Nc1nc2ccccc2s1. The number of amides is 1. The zero-order valence-corrected chi connectivity index (χ0v) is 13.4. The molecule has 1 aliphatic rings. The lowest BCUT2D eigenvalue weighted by molar-refractivity contribution is -0.133. The van der Waals surface area contributed by atoms with Gasteiger partial charge >= 0.3 is 5.97 Å². The number of fused-ring (bicyclic) bond motifs is 2. The molecule has 0 radical (unpaired) electrons. The van der Waals surface area contributed by atoms with Crippen LogP contribution in [0.1, 0.15) is 0 Å². The molecule has 0 spiro atoms. The van der Waals surface area contributed by atoms with Crippen LogP contribution in [0.2, 0.25) is 0 Å². The zero-order chi connectivity index (χ0) is 16.5.